The molecule has 0 atom stereocenters. The van der Waals surface area contributed by atoms with Crippen LogP contribution < -0.4 is 21.1 Å². The van der Waals surface area contributed by atoms with Crippen LogP contribution in [0.15, 0.2) is 73.1 Å². The summed E-state index contributed by atoms with van der Waals surface area (Å²) in [6.07, 6.45) is 3.65. The van der Waals surface area contributed by atoms with Crippen LogP contribution in [0, 0.1) is 0 Å². The third-order valence-electron chi connectivity index (χ3n) is 4.81. The zero-order valence-corrected chi connectivity index (χ0v) is 16.9. The standard InChI is InChI=1S/C24H25N5O/c1-2-3-15-30-19-13-11-18(12-14-19)28-23-22(25)24(27-16-26-23)29-21-10-6-8-17-7-4-5-9-20(17)21/h4-14,16H,2-3,15,25H2,1H3,(H2,26,27,28,29). The summed E-state index contributed by atoms with van der Waals surface area (Å²) >= 11 is 0. The van der Waals surface area contributed by atoms with E-state index in [1.54, 1.807) is 0 Å². The minimum absolute atomic E-state index is 0.453. The Kier molecular flexibility index (Phi) is 5.94. The molecule has 0 aliphatic carbocycles. The first kappa shape index (κ1) is 19.5. The zero-order valence-electron chi connectivity index (χ0n) is 16.9. The molecule has 3 aromatic carbocycles. The van der Waals surface area contributed by atoms with Crippen molar-refractivity contribution in [3.63, 3.8) is 0 Å². The fourth-order valence-corrected chi connectivity index (χ4v) is 3.16. The van der Waals surface area contributed by atoms with Crippen LogP contribution in [0.1, 0.15) is 19.8 Å². The molecule has 0 unspecified atom stereocenters. The van der Waals surface area contributed by atoms with Gasteiger partial charge in [-0.1, -0.05) is 49.7 Å². The highest BCUT2D eigenvalue weighted by Crippen LogP contribution is 2.31. The molecule has 152 valence electrons. The average molecular weight is 399 g/mol. The van der Waals surface area contributed by atoms with E-state index in [9.17, 15) is 0 Å². The fourth-order valence-electron chi connectivity index (χ4n) is 3.16. The highest BCUT2D eigenvalue weighted by atomic mass is 16.5. The molecule has 0 bridgehead atoms. The van der Waals surface area contributed by atoms with Crippen LogP contribution in [0.2, 0.25) is 0 Å². The van der Waals surface area contributed by atoms with Crippen LogP contribution in [-0.2, 0) is 0 Å². The smallest absolute Gasteiger partial charge is 0.159 e. The SMILES string of the molecule is CCCCOc1ccc(Nc2ncnc(Nc3cccc4ccccc34)c2N)cc1. The second-order valence-corrected chi connectivity index (χ2v) is 6.99. The third-order valence-corrected chi connectivity index (χ3v) is 4.81. The van der Waals surface area contributed by atoms with Crippen molar-refractivity contribution in [2.24, 2.45) is 0 Å². The van der Waals surface area contributed by atoms with Gasteiger partial charge in [0, 0.05) is 16.8 Å². The quantitative estimate of drug-likeness (QED) is 0.321. The Morgan fingerprint density at radius 1 is 0.867 bits per heavy atom. The second-order valence-electron chi connectivity index (χ2n) is 6.99. The first-order valence-electron chi connectivity index (χ1n) is 10.1. The number of nitrogens with one attached hydrogen (secondary N) is 2. The second kappa shape index (κ2) is 9.13. The molecule has 6 heteroatoms. The van der Waals surface area contributed by atoms with Crippen molar-refractivity contribution < 1.29 is 4.74 Å². The topological polar surface area (TPSA) is 85.1 Å². The lowest BCUT2D eigenvalue weighted by molar-refractivity contribution is 0.309. The van der Waals surface area contributed by atoms with Crippen molar-refractivity contribution in [1.82, 2.24) is 9.97 Å². The summed E-state index contributed by atoms with van der Waals surface area (Å²) in [7, 11) is 0. The van der Waals surface area contributed by atoms with E-state index in [-0.39, 0.29) is 0 Å². The molecule has 4 aromatic rings. The highest BCUT2D eigenvalue weighted by Gasteiger charge is 2.10. The lowest BCUT2D eigenvalue weighted by atomic mass is 10.1. The van der Waals surface area contributed by atoms with Crippen molar-refractivity contribution >= 4 is 39.5 Å². The number of rotatable bonds is 8. The lowest BCUT2D eigenvalue weighted by Crippen LogP contribution is -2.05. The summed E-state index contributed by atoms with van der Waals surface area (Å²) in [5.41, 5.74) is 8.63. The molecule has 0 spiro atoms. The Hall–Kier alpha value is -3.80. The summed E-state index contributed by atoms with van der Waals surface area (Å²) in [5, 5.41) is 8.85. The number of nitrogen functional groups attached to an aromatic ring is 1. The maximum Gasteiger partial charge on any atom is 0.159 e. The molecule has 0 saturated heterocycles. The molecule has 4 N–H and O–H groups in total. The normalized spacial score (nSPS) is 10.7. The minimum Gasteiger partial charge on any atom is -0.494 e. The first-order chi connectivity index (χ1) is 14.7. The number of ether oxygens (including phenoxy) is 1. The van der Waals surface area contributed by atoms with E-state index < -0.39 is 0 Å². The Morgan fingerprint density at radius 3 is 2.40 bits per heavy atom. The number of hydrogen-bond acceptors (Lipinski definition) is 6. The van der Waals surface area contributed by atoms with Gasteiger partial charge < -0.3 is 21.1 Å². The minimum atomic E-state index is 0.453. The monoisotopic (exact) mass is 399 g/mol. The van der Waals surface area contributed by atoms with Gasteiger partial charge in [0.2, 0.25) is 0 Å². The van der Waals surface area contributed by atoms with Crippen molar-refractivity contribution in [3.05, 3.63) is 73.1 Å². The van der Waals surface area contributed by atoms with Gasteiger partial charge in [0.15, 0.2) is 11.6 Å². The molecule has 1 aromatic heterocycles. The van der Waals surface area contributed by atoms with E-state index in [0.29, 0.717) is 17.3 Å². The molecule has 30 heavy (non-hydrogen) atoms. The number of benzene rings is 3. The molecule has 0 fully saturated rings. The van der Waals surface area contributed by atoms with Gasteiger partial charge in [-0.2, -0.15) is 0 Å². The third kappa shape index (κ3) is 4.43. The van der Waals surface area contributed by atoms with Crippen molar-refractivity contribution in [2.75, 3.05) is 23.0 Å². The number of nitrogens with two attached hydrogens (primary N) is 1. The number of unbranched alkanes of at least 4 members (excludes halogenated alkanes) is 1. The van der Waals surface area contributed by atoms with Crippen LogP contribution in [-0.4, -0.2) is 16.6 Å². The van der Waals surface area contributed by atoms with Gasteiger partial charge in [0.1, 0.15) is 17.8 Å². The van der Waals surface area contributed by atoms with Gasteiger partial charge in [-0.05, 0) is 42.1 Å². The van der Waals surface area contributed by atoms with Crippen LogP contribution in [0.25, 0.3) is 10.8 Å². The van der Waals surface area contributed by atoms with Gasteiger partial charge >= 0.3 is 0 Å². The van der Waals surface area contributed by atoms with Crippen LogP contribution in [0.3, 0.4) is 0 Å². The van der Waals surface area contributed by atoms with Crippen molar-refractivity contribution in [2.45, 2.75) is 19.8 Å². The molecule has 4 rings (SSSR count). The predicted molar refractivity (Wildman–Crippen MR) is 124 cm³/mol. The number of hydrogen-bond donors (Lipinski definition) is 3. The Bertz CT molecular complexity index is 1120. The van der Waals surface area contributed by atoms with E-state index in [0.717, 1.165) is 47.3 Å². The Morgan fingerprint density at radius 2 is 1.60 bits per heavy atom. The maximum absolute atomic E-state index is 6.36. The van der Waals surface area contributed by atoms with Crippen LogP contribution >= 0.6 is 0 Å². The summed E-state index contributed by atoms with van der Waals surface area (Å²) in [5.74, 6) is 1.96. The van der Waals surface area contributed by atoms with E-state index in [1.807, 2.05) is 48.5 Å². The van der Waals surface area contributed by atoms with Gasteiger partial charge in [0.05, 0.1) is 6.61 Å². The molecule has 0 saturated carbocycles. The molecule has 0 radical (unpaired) electrons. The molecule has 6 nitrogen and oxygen atoms in total. The van der Waals surface area contributed by atoms with Gasteiger partial charge in [0.25, 0.3) is 0 Å². The van der Waals surface area contributed by atoms with Gasteiger partial charge in [-0.25, -0.2) is 9.97 Å². The van der Waals surface area contributed by atoms with Gasteiger partial charge in [-0.3, -0.25) is 0 Å². The number of fused-ring (bicyclic) bond motifs is 1. The summed E-state index contributed by atoms with van der Waals surface area (Å²) < 4.78 is 5.71. The largest absolute Gasteiger partial charge is 0.494 e. The number of anilines is 5. The highest BCUT2D eigenvalue weighted by molar-refractivity contribution is 5.96. The summed E-state index contributed by atoms with van der Waals surface area (Å²) in [6.45, 7) is 2.87. The molecule has 0 aliphatic rings. The number of nitrogens with zero attached hydrogens (tertiary/aromatic N) is 2. The van der Waals surface area contributed by atoms with E-state index in [4.69, 9.17) is 10.5 Å². The molecule has 0 aliphatic heterocycles. The van der Waals surface area contributed by atoms with Crippen molar-refractivity contribution in [3.8, 4) is 5.75 Å². The van der Waals surface area contributed by atoms with Crippen molar-refractivity contribution in [1.29, 1.82) is 0 Å². The molecular formula is C24H25N5O. The van der Waals surface area contributed by atoms with E-state index >= 15 is 0 Å². The fraction of sp³-hybridized carbons (Fsp3) is 0.167. The molecular weight excluding hydrogens is 374 g/mol. The van der Waals surface area contributed by atoms with Crippen LogP contribution in [0.5, 0.6) is 5.75 Å². The lowest BCUT2D eigenvalue weighted by Gasteiger charge is -2.14. The molecule has 0 amide bonds. The van der Waals surface area contributed by atoms with Crippen LogP contribution in [0.4, 0.5) is 28.7 Å². The predicted octanol–water partition coefficient (Wildman–Crippen LogP) is 5.88. The number of aromatic nitrogens is 2. The van der Waals surface area contributed by atoms with E-state index in [1.165, 1.54) is 6.33 Å². The summed E-state index contributed by atoms with van der Waals surface area (Å²) in [4.78, 5) is 8.63. The maximum atomic E-state index is 6.36. The average Bonchev–Trinajstić information content (AvgIpc) is 2.78. The first-order valence-corrected chi connectivity index (χ1v) is 10.1. The Labute approximate surface area is 176 Å². The summed E-state index contributed by atoms with van der Waals surface area (Å²) in [6, 6.07) is 22.0. The van der Waals surface area contributed by atoms with E-state index in [2.05, 4.69) is 45.7 Å². The zero-order chi connectivity index (χ0) is 20.8. The van der Waals surface area contributed by atoms with Gasteiger partial charge in [-0.15, -0.1) is 0 Å². The Balaban J connectivity index is 1.52. The molecule has 1 heterocycles.